The van der Waals surface area contributed by atoms with E-state index in [1.165, 1.54) is 13.2 Å². The van der Waals surface area contributed by atoms with Crippen molar-refractivity contribution in [3.8, 4) is 0 Å². The standard InChI is InChI=1S/C40H51NO11/c1-25(2)36-40(4,5)52-39(45)41(36)37(44)26(3)32-30(43)20-19-29(50-32)18-13-21-47-35-34(49-24-28-16-11-8-12-17-28)33(31(22-42)51-38(35)46-6)48-23-27-14-9-7-10-15-27/h7-12,14-20,25-26,31-36,38,42H,13,21-24H2,1-6H3. The molecule has 2 amide bonds. The first-order chi connectivity index (χ1) is 24.9. The first-order valence-corrected chi connectivity index (χ1v) is 17.8. The molecule has 2 fully saturated rings. The predicted molar refractivity (Wildman–Crippen MR) is 189 cm³/mol. The monoisotopic (exact) mass is 721 g/mol. The summed E-state index contributed by atoms with van der Waals surface area (Å²) in [5.74, 6) is -1.52. The van der Waals surface area contributed by atoms with Gasteiger partial charge in [-0.25, -0.2) is 9.69 Å². The first-order valence-electron chi connectivity index (χ1n) is 17.8. The second kappa shape index (κ2) is 17.7. The normalized spacial score (nSPS) is 28.6. The Bertz CT molecular complexity index is 1560. The first kappa shape index (κ1) is 39.3. The molecule has 5 rings (SSSR count). The Kier molecular flexibility index (Phi) is 13.4. The summed E-state index contributed by atoms with van der Waals surface area (Å²) < 4.78 is 42.6. The summed E-state index contributed by atoms with van der Waals surface area (Å²) in [6, 6.07) is 18.9. The maximum atomic E-state index is 13.6. The number of ketones is 1. The van der Waals surface area contributed by atoms with Crippen LogP contribution in [-0.2, 0) is 56.0 Å². The summed E-state index contributed by atoms with van der Waals surface area (Å²) in [6.07, 6.45) is -0.480. The zero-order valence-electron chi connectivity index (χ0n) is 30.7. The molecule has 0 spiro atoms. The summed E-state index contributed by atoms with van der Waals surface area (Å²) in [6.45, 7) is 9.38. The molecule has 3 aliphatic rings. The highest BCUT2D eigenvalue weighted by Gasteiger charge is 2.54. The number of aliphatic hydroxyl groups excluding tert-OH is 1. The molecular formula is C40H51NO11. The highest BCUT2D eigenvalue weighted by Crippen LogP contribution is 2.36. The van der Waals surface area contributed by atoms with E-state index in [2.05, 4.69) is 0 Å². The van der Waals surface area contributed by atoms with E-state index < -0.39 is 66.4 Å². The average Bonchev–Trinajstić information content (AvgIpc) is 3.39. The van der Waals surface area contributed by atoms with Crippen molar-refractivity contribution in [3.05, 3.63) is 95.8 Å². The van der Waals surface area contributed by atoms with Gasteiger partial charge in [0.1, 0.15) is 35.8 Å². The van der Waals surface area contributed by atoms with Crippen molar-refractivity contribution in [2.24, 2.45) is 11.8 Å². The van der Waals surface area contributed by atoms with Gasteiger partial charge in [0.2, 0.25) is 5.91 Å². The predicted octanol–water partition coefficient (Wildman–Crippen LogP) is 5.12. The highest BCUT2D eigenvalue weighted by molar-refractivity contribution is 6.02. The van der Waals surface area contributed by atoms with Gasteiger partial charge in [-0.05, 0) is 62.5 Å². The molecule has 8 unspecified atom stereocenters. The van der Waals surface area contributed by atoms with Crippen LogP contribution in [0.5, 0.6) is 0 Å². The summed E-state index contributed by atoms with van der Waals surface area (Å²) in [4.78, 5) is 40.5. The SMILES string of the molecule is COC1OC(CO)C(OCc2ccccc2)C(OCc2ccccc2)C1OCCC=C1C=CC(=O)C(C(C)C(=O)N2C(=O)OC(C)(C)C2C(C)C)O1. The van der Waals surface area contributed by atoms with Gasteiger partial charge in [-0.15, -0.1) is 0 Å². The summed E-state index contributed by atoms with van der Waals surface area (Å²) in [5.41, 5.74) is 1.04. The quantitative estimate of drug-likeness (QED) is 0.245. The molecule has 0 bridgehead atoms. The summed E-state index contributed by atoms with van der Waals surface area (Å²) in [5, 5.41) is 10.3. The number of carbonyl (C=O) groups excluding carboxylic acids is 3. The largest absolute Gasteiger partial charge is 0.482 e. The molecule has 1 N–H and O–H groups in total. The molecule has 2 saturated heterocycles. The van der Waals surface area contributed by atoms with Crippen LogP contribution in [0.3, 0.4) is 0 Å². The molecule has 12 heteroatoms. The van der Waals surface area contributed by atoms with Gasteiger partial charge in [-0.2, -0.15) is 0 Å². The number of amides is 2. The summed E-state index contributed by atoms with van der Waals surface area (Å²) in [7, 11) is 1.50. The van der Waals surface area contributed by atoms with Gasteiger partial charge < -0.3 is 38.3 Å². The molecular weight excluding hydrogens is 670 g/mol. The number of hydrogen-bond acceptors (Lipinski definition) is 11. The molecule has 0 radical (unpaired) electrons. The van der Waals surface area contributed by atoms with E-state index in [0.717, 1.165) is 16.0 Å². The number of hydrogen-bond donors (Lipinski definition) is 1. The van der Waals surface area contributed by atoms with Crippen LogP contribution >= 0.6 is 0 Å². The number of benzene rings is 2. The Morgan fingerprint density at radius 3 is 2.10 bits per heavy atom. The third kappa shape index (κ3) is 9.17. The van der Waals surface area contributed by atoms with Crippen LogP contribution in [0, 0.1) is 11.8 Å². The van der Waals surface area contributed by atoms with Crippen molar-refractivity contribution in [1.29, 1.82) is 0 Å². The van der Waals surface area contributed by atoms with Crippen LogP contribution < -0.4 is 0 Å². The Morgan fingerprint density at radius 2 is 1.52 bits per heavy atom. The Balaban J connectivity index is 1.27. The number of ether oxygens (including phenoxy) is 7. The van der Waals surface area contributed by atoms with Gasteiger partial charge in [0.15, 0.2) is 18.2 Å². The second-order valence-corrected chi connectivity index (χ2v) is 14.1. The van der Waals surface area contributed by atoms with Gasteiger partial charge in [0.05, 0.1) is 38.4 Å². The van der Waals surface area contributed by atoms with E-state index in [-0.39, 0.29) is 38.1 Å². The maximum absolute atomic E-state index is 13.6. The molecule has 0 saturated carbocycles. The maximum Gasteiger partial charge on any atom is 0.417 e. The van der Waals surface area contributed by atoms with E-state index in [0.29, 0.717) is 12.2 Å². The Labute approximate surface area is 305 Å². The Hall–Kier alpha value is -3.91. The van der Waals surface area contributed by atoms with Crippen molar-refractivity contribution in [2.75, 3.05) is 20.3 Å². The molecule has 3 aliphatic heterocycles. The molecule has 2 aromatic rings. The van der Waals surface area contributed by atoms with Crippen LogP contribution in [0.2, 0.25) is 0 Å². The third-order valence-corrected chi connectivity index (χ3v) is 9.55. The lowest BCUT2D eigenvalue weighted by atomic mass is 9.87. The fraction of sp³-hybridized carbons (Fsp3) is 0.525. The molecule has 12 nitrogen and oxygen atoms in total. The minimum atomic E-state index is -1.12. The molecule has 2 aromatic carbocycles. The highest BCUT2D eigenvalue weighted by atomic mass is 16.7. The van der Waals surface area contributed by atoms with Crippen LogP contribution in [-0.4, -0.2) is 96.6 Å². The number of imide groups is 1. The molecule has 282 valence electrons. The van der Waals surface area contributed by atoms with Crippen LogP contribution in [0.4, 0.5) is 4.79 Å². The van der Waals surface area contributed by atoms with Crippen molar-refractivity contribution in [2.45, 2.75) is 103 Å². The lowest BCUT2D eigenvalue weighted by Crippen LogP contribution is -2.61. The molecule has 8 atom stereocenters. The molecule has 3 heterocycles. The minimum absolute atomic E-state index is 0.0632. The zero-order valence-corrected chi connectivity index (χ0v) is 30.7. The number of allylic oxidation sites excluding steroid dienone is 1. The minimum Gasteiger partial charge on any atom is -0.482 e. The Morgan fingerprint density at radius 1 is 0.904 bits per heavy atom. The van der Waals surface area contributed by atoms with E-state index in [9.17, 15) is 19.5 Å². The van der Waals surface area contributed by atoms with Crippen LogP contribution in [0.1, 0.15) is 52.2 Å². The molecule has 52 heavy (non-hydrogen) atoms. The molecule has 0 aromatic heterocycles. The van der Waals surface area contributed by atoms with Crippen molar-refractivity contribution in [1.82, 2.24) is 4.90 Å². The van der Waals surface area contributed by atoms with Gasteiger partial charge in [-0.1, -0.05) is 74.5 Å². The van der Waals surface area contributed by atoms with Gasteiger partial charge in [0, 0.05) is 7.11 Å². The number of methoxy groups -OCH3 is 1. The zero-order chi connectivity index (χ0) is 37.4. The van der Waals surface area contributed by atoms with Gasteiger partial charge >= 0.3 is 6.09 Å². The fourth-order valence-corrected chi connectivity index (χ4v) is 7.12. The number of aliphatic hydroxyl groups is 1. The van der Waals surface area contributed by atoms with Crippen molar-refractivity contribution in [3.63, 3.8) is 0 Å². The van der Waals surface area contributed by atoms with E-state index in [1.54, 1.807) is 32.9 Å². The number of cyclic esters (lactones) is 1. The van der Waals surface area contributed by atoms with E-state index >= 15 is 0 Å². The number of carbonyl (C=O) groups is 3. The third-order valence-electron chi connectivity index (χ3n) is 9.55. The number of nitrogens with zero attached hydrogens (tertiary/aromatic N) is 1. The lowest BCUT2D eigenvalue weighted by molar-refractivity contribution is -0.319. The van der Waals surface area contributed by atoms with Crippen molar-refractivity contribution < 1.29 is 52.6 Å². The topological polar surface area (TPSA) is 139 Å². The smallest absolute Gasteiger partial charge is 0.417 e. The summed E-state index contributed by atoms with van der Waals surface area (Å²) >= 11 is 0. The lowest BCUT2D eigenvalue weighted by Gasteiger charge is -2.45. The number of rotatable bonds is 15. The van der Waals surface area contributed by atoms with Gasteiger partial charge in [0.25, 0.3) is 0 Å². The van der Waals surface area contributed by atoms with E-state index in [1.807, 2.05) is 74.5 Å². The fourth-order valence-electron chi connectivity index (χ4n) is 7.12. The van der Waals surface area contributed by atoms with Gasteiger partial charge in [-0.3, -0.25) is 9.59 Å². The average molecular weight is 722 g/mol. The van der Waals surface area contributed by atoms with Crippen molar-refractivity contribution >= 4 is 17.8 Å². The van der Waals surface area contributed by atoms with E-state index in [4.69, 9.17) is 33.2 Å². The van der Waals surface area contributed by atoms with Crippen LogP contribution in [0.15, 0.2) is 84.7 Å². The van der Waals surface area contributed by atoms with Crippen LogP contribution in [0.25, 0.3) is 0 Å². The second-order valence-electron chi connectivity index (χ2n) is 14.1. The molecule has 0 aliphatic carbocycles.